The molecule has 0 saturated carbocycles. The minimum atomic E-state index is 0.0751. The van der Waals surface area contributed by atoms with E-state index in [-0.39, 0.29) is 5.41 Å². The molecule has 2 heteroatoms. The zero-order chi connectivity index (χ0) is 46.1. The molecule has 0 aromatic heterocycles. The molecular weight excluding hydrogens is 785 g/mol. The summed E-state index contributed by atoms with van der Waals surface area (Å²) in [4.78, 5) is 10.1. The van der Waals surface area contributed by atoms with Crippen LogP contribution in [0.3, 0.4) is 0 Å². The van der Waals surface area contributed by atoms with Crippen molar-refractivity contribution in [3.63, 3.8) is 0 Å². The van der Waals surface area contributed by atoms with E-state index in [0.29, 0.717) is 0 Å². The summed E-state index contributed by atoms with van der Waals surface area (Å²) in [5.74, 6) is 0. The normalized spacial score (nSPS) is 13.2. The van der Waals surface area contributed by atoms with Gasteiger partial charge in [-0.25, -0.2) is 0 Å². The minimum Gasteiger partial charge on any atom is -0.293 e. The van der Waals surface area contributed by atoms with E-state index in [1.54, 1.807) is 11.1 Å². The molecule has 0 aliphatic heterocycles. The standard InChI is InChI=1S/C63H108N2/c1-5-9-13-17-21-25-29-33-37-41-49-63(50-42-38-34-30-26-22-18-14-10-6-2)61-53-57(55-64-51-43-39-35-31-27-23-19-15-11-7-3)45-47-59(61)60-48-46-58(54-62(60)63)56-65-52-44-40-36-32-28-24-20-16-12-8-4/h45-48,53-56H,5-44,49-52H2,1-4H3. The van der Waals surface area contributed by atoms with E-state index in [1.165, 1.54) is 292 Å². The summed E-state index contributed by atoms with van der Waals surface area (Å²) in [7, 11) is 0. The largest absolute Gasteiger partial charge is 0.293 e. The van der Waals surface area contributed by atoms with Crippen molar-refractivity contribution in [1.82, 2.24) is 0 Å². The lowest BCUT2D eigenvalue weighted by Crippen LogP contribution is -2.26. The first-order valence-corrected chi connectivity index (χ1v) is 29.5. The first-order chi connectivity index (χ1) is 32.2. The van der Waals surface area contributed by atoms with Gasteiger partial charge in [-0.1, -0.05) is 296 Å². The number of hydrogen-bond acceptors (Lipinski definition) is 2. The highest BCUT2D eigenvalue weighted by molar-refractivity contribution is 5.89. The third-order valence-corrected chi connectivity index (χ3v) is 15.1. The highest BCUT2D eigenvalue weighted by Crippen LogP contribution is 2.54. The second-order valence-corrected chi connectivity index (χ2v) is 21.0. The summed E-state index contributed by atoms with van der Waals surface area (Å²) in [6, 6.07) is 14.8. The Morgan fingerprint density at radius 1 is 0.308 bits per heavy atom. The van der Waals surface area contributed by atoms with Gasteiger partial charge in [0.2, 0.25) is 0 Å². The van der Waals surface area contributed by atoms with Gasteiger partial charge in [0, 0.05) is 30.9 Å². The molecule has 1 aliphatic rings. The van der Waals surface area contributed by atoms with Crippen molar-refractivity contribution >= 4 is 12.4 Å². The van der Waals surface area contributed by atoms with Crippen LogP contribution < -0.4 is 0 Å². The van der Waals surface area contributed by atoms with Gasteiger partial charge < -0.3 is 0 Å². The third-order valence-electron chi connectivity index (χ3n) is 15.1. The Bertz CT molecular complexity index is 1340. The van der Waals surface area contributed by atoms with Gasteiger partial charge in [-0.2, -0.15) is 0 Å². The summed E-state index contributed by atoms with van der Waals surface area (Å²) < 4.78 is 0. The lowest BCUT2D eigenvalue weighted by atomic mass is 9.70. The SMILES string of the molecule is CCCCCCCCCCCCN=Cc1ccc2c(c1)C(CCCCCCCCCCCC)(CCCCCCCCCCCC)c1cc(C=NCCCCCCCCCCCC)ccc1-2. The summed E-state index contributed by atoms with van der Waals surface area (Å²) in [6.45, 7) is 11.2. The highest BCUT2D eigenvalue weighted by atomic mass is 14.7. The van der Waals surface area contributed by atoms with E-state index in [4.69, 9.17) is 9.98 Å². The second-order valence-electron chi connectivity index (χ2n) is 21.0. The van der Waals surface area contributed by atoms with Gasteiger partial charge in [-0.15, -0.1) is 0 Å². The Morgan fingerprint density at radius 3 is 0.831 bits per heavy atom. The molecule has 0 radical (unpaired) electrons. The van der Waals surface area contributed by atoms with Crippen molar-refractivity contribution in [3.8, 4) is 11.1 Å². The number of aliphatic imine (C=N–C) groups is 2. The van der Waals surface area contributed by atoms with Gasteiger partial charge in [-0.05, 0) is 71.2 Å². The van der Waals surface area contributed by atoms with Crippen LogP contribution in [0, 0.1) is 0 Å². The van der Waals surface area contributed by atoms with Gasteiger partial charge in [0.1, 0.15) is 0 Å². The van der Waals surface area contributed by atoms with Crippen LogP contribution in [0.1, 0.15) is 320 Å². The average Bonchev–Trinajstić information content (AvgIpc) is 3.58. The molecule has 0 N–H and O–H groups in total. The average molecular weight is 894 g/mol. The molecule has 0 fully saturated rings. The highest BCUT2D eigenvalue weighted by Gasteiger charge is 2.42. The zero-order valence-corrected chi connectivity index (χ0v) is 44.1. The van der Waals surface area contributed by atoms with Crippen molar-refractivity contribution < 1.29 is 0 Å². The molecular formula is C63H108N2. The fourth-order valence-corrected chi connectivity index (χ4v) is 10.9. The molecule has 3 rings (SSSR count). The van der Waals surface area contributed by atoms with Crippen molar-refractivity contribution in [3.05, 3.63) is 58.7 Å². The van der Waals surface area contributed by atoms with Crippen LogP contribution in [0.15, 0.2) is 46.4 Å². The van der Waals surface area contributed by atoms with Gasteiger partial charge in [-0.3, -0.25) is 9.98 Å². The number of nitrogens with zero attached hydrogens (tertiary/aromatic N) is 2. The molecule has 0 amide bonds. The molecule has 2 aromatic rings. The van der Waals surface area contributed by atoms with Crippen LogP contribution in [0.2, 0.25) is 0 Å². The molecule has 2 aromatic carbocycles. The maximum Gasteiger partial charge on any atom is 0.0389 e. The van der Waals surface area contributed by atoms with E-state index in [9.17, 15) is 0 Å². The predicted molar refractivity (Wildman–Crippen MR) is 294 cm³/mol. The van der Waals surface area contributed by atoms with E-state index < -0.39 is 0 Å². The number of rotatable bonds is 46. The molecule has 1 aliphatic carbocycles. The quantitative estimate of drug-likeness (QED) is 0.0467. The van der Waals surface area contributed by atoms with Crippen LogP contribution in [0.25, 0.3) is 11.1 Å². The number of fused-ring (bicyclic) bond motifs is 3. The monoisotopic (exact) mass is 893 g/mol. The Labute approximate surface area is 406 Å². The number of benzene rings is 2. The van der Waals surface area contributed by atoms with Crippen LogP contribution in [0.5, 0.6) is 0 Å². The van der Waals surface area contributed by atoms with Gasteiger partial charge in [0.15, 0.2) is 0 Å². The molecule has 370 valence electrons. The van der Waals surface area contributed by atoms with Gasteiger partial charge in [0.25, 0.3) is 0 Å². The van der Waals surface area contributed by atoms with E-state index in [0.717, 1.165) is 13.1 Å². The maximum absolute atomic E-state index is 5.04. The molecule has 65 heavy (non-hydrogen) atoms. The lowest BCUT2D eigenvalue weighted by Gasteiger charge is -2.33. The summed E-state index contributed by atoms with van der Waals surface area (Å²) in [5, 5.41) is 0. The Morgan fingerprint density at radius 2 is 0.554 bits per heavy atom. The Balaban J connectivity index is 1.72. The number of unbranched alkanes of at least 4 members (excludes halogenated alkanes) is 36. The van der Waals surface area contributed by atoms with Gasteiger partial charge >= 0.3 is 0 Å². The van der Waals surface area contributed by atoms with E-state index >= 15 is 0 Å². The minimum absolute atomic E-state index is 0.0751. The molecule has 0 atom stereocenters. The summed E-state index contributed by atoms with van der Waals surface area (Å²) in [6.07, 6.45) is 62.3. The fraction of sp³-hybridized carbons (Fsp3) is 0.778. The topological polar surface area (TPSA) is 24.7 Å². The van der Waals surface area contributed by atoms with Crippen LogP contribution in [-0.2, 0) is 5.41 Å². The maximum atomic E-state index is 5.04. The Hall–Kier alpha value is -2.22. The van der Waals surface area contributed by atoms with Gasteiger partial charge in [0.05, 0.1) is 0 Å². The summed E-state index contributed by atoms with van der Waals surface area (Å²) >= 11 is 0. The van der Waals surface area contributed by atoms with Crippen molar-refractivity contribution in [2.24, 2.45) is 9.98 Å². The molecule has 0 bridgehead atoms. The summed E-state index contributed by atoms with van der Waals surface area (Å²) in [5.41, 5.74) is 8.85. The molecule has 0 spiro atoms. The van der Waals surface area contributed by atoms with E-state index in [1.807, 2.05) is 0 Å². The lowest BCUT2D eigenvalue weighted by molar-refractivity contribution is 0.397. The molecule has 0 saturated heterocycles. The van der Waals surface area contributed by atoms with Crippen molar-refractivity contribution in [2.75, 3.05) is 13.1 Å². The Kier molecular flexibility index (Phi) is 34.9. The van der Waals surface area contributed by atoms with Crippen LogP contribution >= 0.6 is 0 Å². The molecule has 0 unspecified atom stereocenters. The zero-order valence-electron chi connectivity index (χ0n) is 44.1. The van der Waals surface area contributed by atoms with Crippen LogP contribution in [-0.4, -0.2) is 25.5 Å². The molecule has 2 nitrogen and oxygen atoms in total. The van der Waals surface area contributed by atoms with Crippen molar-refractivity contribution in [2.45, 2.75) is 303 Å². The smallest absolute Gasteiger partial charge is 0.0389 e. The van der Waals surface area contributed by atoms with Crippen molar-refractivity contribution in [1.29, 1.82) is 0 Å². The van der Waals surface area contributed by atoms with E-state index in [2.05, 4.69) is 76.5 Å². The third kappa shape index (κ3) is 25.1. The first-order valence-electron chi connectivity index (χ1n) is 29.5. The van der Waals surface area contributed by atoms with Crippen LogP contribution in [0.4, 0.5) is 0 Å². The predicted octanol–water partition coefficient (Wildman–Crippen LogP) is 21.3. The number of hydrogen-bond donors (Lipinski definition) is 0. The second kappa shape index (κ2) is 39.7. The first kappa shape index (κ1) is 57.1. The fourth-order valence-electron chi connectivity index (χ4n) is 10.9. The molecule has 0 heterocycles.